The lowest BCUT2D eigenvalue weighted by Crippen LogP contribution is -2.40. The number of carbonyl (C=O) groups is 1. The first-order valence-corrected chi connectivity index (χ1v) is 5.85. The quantitative estimate of drug-likeness (QED) is 0.874. The summed E-state index contributed by atoms with van der Waals surface area (Å²) in [5.41, 5.74) is 6.23. The highest BCUT2D eigenvalue weighted by Crippen LogP contribution is 2.10. The molecule has 1 atom stereocenters. The Morgan fingerprint density at radius 1 is 1.32 bits per heavy atom. The lowest BCUT2D eigenvalue weighted by atomic mass is 10.1. The molecule has 0 spiro atoms. The van der Waals surface area contributed by atoms with Crippen LogP contribution in [0.4, 0.5) is 8.78 Å². The molecule has 1 unspecified atom stereocenters. The first-order valence-electron chi connectivity index (χ1n) is 5.85. The van der Waals surface area contributed by atoms with E-state index in [1.165, 1.54) is 0 Å². The van der Waals surface area contributed by atoms with Crippen molar-refractivity contribution in [1.29, 1.82) is 0 Å². The van der Waals surface area contributed by atoms with E-state index in [1.54, 1.807) is 19.1 Å². The van der Waals surface area contributed by atoms with Gasteiger partial charge in [-0.15, -0.1) is 12.4 Å². The first kappa shape index (κ1) is 17.8. The molecule has 1 aromatic rings. The molecule has 0 saturated carbocycles. The minimum Gasteiger partial charge on any atom is -0.332 e. The molecule has 19 heavy (non-hydrogen) atoms. The predicted octanol–water partition coefficient (Wildman–Crippen LogP) is 2.30. The molecule has 6 heteroatoms. The van der Waals surface area contributed by atoms with Gasteiger partial charge >= 0.3 is 0 Å². The summed E-state index contributed by atoms with van der Waals surface area (Å²) in [4.78, 5) is 13.1. The Morgan fingerprint density at radius 2 is 1.89 bits per heavy atom. The van der Waals surface area contributed by atoms with Crippen LogP contribution < -0.4 is 5.73 Å². The number of hydrogen-bond acceptors (Lipinski definition) is 2. The average molecular weight is 293 g/mol. The number of hydrogen-bond donors (Lipinski definition) is 1. The Balaban J connectivity index is 0.00000324. The largest absolute Gasteiger partial charge is 0.332 e. The smallest absolute Gasteiger partial charge is 0.255 e. The van der Waals surface area contributed by atoms with Crippen LogP contribution in [0.15, 0.2) is 30.3 Å². The zero-order chi connectivity index (χ0) is 13.5. The van der Waals surface area contributed by atoms with Crippen molar-refractivity contribution in [3.8, 4) is 0 Å². The number of carbonyl (C=O) groups excluding carboxylic acids is 1. The molecule has 1 rings (SSSR count). The summed E-state index contributed by atoms with van der Waals surface area (Å²) in [5, 5.41) is 0. The van der Waals surface area contributed by atoms with Crippen LogP contribution in [-0.4, -0.2) is 30.3 Å². The molecular weight excluding hydrogens is 274 g/mol. The van der Waals surface area contributed by atoms with Crippen LogP contribution in [0, 0.1) is 5.92 Å². The SMILES string of the molecule is CC(CN)C(=O)N(Cc1ccccc1)CC(F)F.Cl. The van der Waals surface area contributed by atoms with Crippen LogP contribution >= 0.6 is 12.4 Å². The lowest BCUT2D eigenvalue weighted by molar-refractivity contribution is -0.137. The number of nitrogens with two attached hydrogens (primary N) is 1. The molecule has 0 bridgehead atoms. The van der Waals surface area contributed by atoms with Gasteiger partial charge in [0.05, 0.1) is 6.54 Å². The number of alkyl halides is 2. The maximum absolute atomic E-state index is 12.5. The third-order valence-corrected chi connectivity index (χ3v) is 2.66. The fourth-order valence-corrected chi connectivity index (χ4v) is 1.62. The normalized spacial score (nSPS) is 11.8. The van der Waals surface area contributed by atoms with Gasteiger partial charge in [-0.3, -0.25) is 4.79 Å². The van der Waals surface area contributed by atoms with Crippen molar-refractivity contribution in [1.82, 2.24) is 4.90 Å². The van der Waals surface area contributed by atoms with E-state index in [1.807, 2.05) is 18.2 Å². The third kappa shape index (κ3) is 5.98. The van der Waals surface area contributed by atoms with Crippen LogP contribution in [0.3, 0.4) is 0 Å². The van der Waals surface area contributed by atoms with Crippen molar-refractivity contribution in [2.75, 3.05) is 13.1 Å². The van der Waals surface area contributed by atoms with E-state index in [2.05, 4.69) is 0 Å². The number of halogens is 3. The van der Waals surface area contributed by atoms with Crippen molar-refractivity contribution in [3.63, 3.8) is 0 Å². The maximum atomic E-state index is 12.5. The van der Waals surface area contributed by atoms with Gasteiger partial charge in [-0.2, -0.15) is 0 Å². The minimum atomic E-state index is -2.54. The molecule has 0 radical (unpaired) electrons. The number of nitrogens with zero attached hydrogens (tertiary/aromatic N) is 1. The zero-order valence-electron chi connectivity index (χ0n) is 10.8. The molecule has 108 valence electrons. The molecule has 0 fully saturated rings. The van der Waals surface area contributed by atoms with E-state index in [0.717, 1.165) is 10.5 Å². The van der Waals surface area contributed by atoms with Gasteiger partial charge in [0.1, 0.15) is 0 Å². The van der Waals surface area contributed by atoms with E-state index < -0.39 is 18.9 Å². The van der Waals surface area contributed by atoms with E-state index in [9.17, 15) is 13.6 Å². The van der Waals surface area contributed by atoms with Gasteiger partial charge in [0, 0.05) is 19.0 Å². The van der Waals surface area contributed by atoms with Gasteiger partial charge < -0.3 is 10.6 Å². The summed E-state index contributed by atoms with van der Waals surface area (Å²) in [7, 11) is 0. The predicted molar refractivity (Wildman–Crippen MR) is 73.3 cm³/mol. The molecule has 0 aliphatic heterocycles. The lowest BCUT2D eigenvalue weighted by Gasteiger charge is -2.25. The van der Waals surface area contributed by atoms with Gasteiger partial charge in [-0.1, -0.05) is 37.3 Å². The summed E-state index contributed by atoms with van der Waals surface area (Å²) >= 11 is 0. The molecule has 1 aromatic carbocycles. The number of amides is 1. The molecule has 0 aliphatic carbocycles. The van der Waals surface area contributed by atoms with Crippen molar-refractivity contribution < 1.29 is 13.6 Å². The monoisotopic (exact) mass is 292 g/mol. The first-order chi connectivity index (χ1) is 8.54. The van der Waals surface area contributed by atoms with E-state index in [4.69, 9.17) is 5.73 Å². The van der Waals surface area contributed by atoms with Gasteiger partial charge in [0.2, 0.25) is 5.91 Å². The third-order valence-electron chi connectivity index (χ3n) is 2.66. The molecule has 0 aromatic heterocycles. The summed E-state index contributed by atoms with van der Waals surface area (Å²) < 4.78 is 25.0. The standard InChI is InChI=1S/C13H18F2N2O.ClH/c1-10(7-16)13(18)17(9-12(14)15)8-11-5-3-2-4-6-11;/h2-6,10,12H,7-9,16H2,1H3;1H. The summed E-state index contributed by atoms with van der Waals surface area (Å²) in [5.74, 6) is -0.769. The number of benzene rings is 1. The maximum Gasteiger partial charge on any atom is 0.255 e. The molecule has 3 nitrogen and oxygen atoms in total. The van der Waals surface area contributed by atoms with Crippen LogP contribution in [-0.2, 0) is 11.3 Å². The molecule has 0 aliphatic rings. The Labute approximate surface area is 118 Å². The highest BCUT2D eigenvalue weighted by atomic mass is 35.5. The van der Waals surface area contributed by atoms with Crippen LogP contribution in [0.5, 0.6) is 0 Å². The fourth-order valence-electron chi connectivity index (χ4n) is 1.62. The van der Waals surface area contributed by atoms with Gasteiger partial charge in [0.25, 0.3) is 6.43 Å². The van der Waals surface area contributed by atoms with Crippen LogP contribution in [0.25, 0.3) is 0 Å². The average Bonchev–Trinajstić information content (AvgIpc) is 2.37. The topological polar surface area (TPSA) is 46.3 Å². The molecule has 0 heterocycles. The van der Waals surface area contributed by atoms with E-state index in [-0.39, 0.29) is 31.4 Å². The summed E-state index contributed by atoms with van der Waals surface area (Å²) in [6.07, 6.45) is -2.54. The van der Waals surface area contributed by atoms with E-state index in [0.29, 0.717) is 0 Å². The fraction of sp³-hybridized carbons (Fsp3) is 0.462. The van der Waals surface area contributed by atoms with Crippen LogP contribution in [0.2, 0.25) is 0 Å². The second-order valence-corrected chi connectivity index (χ2v) is 4.23. The highest BCUT2D eigenvalue weighted by Gasteiger charge is 2.22. The van der Waals surface area contributed by atoms with Gasteiger partial charge in [0.15, 0.2) is 0 Å². The molecular formula is C13H19ClF2N2O. The second kappa shape index (κ2) is 8.82. The zero-order valence-corrected chi connectivity index (χ0v) is 11.6. The Morgan fingerprint density at radius 3 is 2.37 bits per heavy atom. The number of rotatable bonds is 6. The second-order valence-electron chi connectivity index (χ2n) is 4.23. The highest BCUT2D eigenvalue weighted by molar-refractivity contribution is 5.85. The molecule has 0 saturated heterocycles. The van der Waals surface area contributed by atoms with E-state index >= 15 is 0 Å². The Bertz CT molecular complexity index is 376. The Kier molecular flexibility index (Phi) is 8.27. The summed E-state index contributed by atoms with van der Waals surface area (Å²) in [6, 6.07) is 9.07. The Hall–Kier alpha value is -1.20. The van der Waals surface area contributed by atoms with Crippen molar-refractivity contribution >= 4 is 18.3 Å². The van der Waals surface area contributed by atoms with Gasteiger partial charge in [-0.25, -0.2) is 8.78 Å². The summed E-state index contributed by atoms with van der Waals surface area (Å²) in [6.45, 7) is 1.44. The van der Waals surface area contributed by atoms with Crippen LogP contribution in [0.1, 0.15) is 12.5 Å². The van der Waals surface area contributed by atoms with Crippen molar-refractivity contribution in [2.45, 2.75) is 19.9 Å². The molecule has 2 N–H and O–H groups in total. The minimum absolute atomic E-state index is 0. The van der Waals surface area contributed by atoms with Crippen molar-refractivity contribution in [3.05, 3.63) is 35.9 Å². The van der Waals surface area contributed by atoms with Gasteiger partial charge in [-0.05, 0) is 5.56 Å². The molecule has 1 amide bonds. The van der Waals surface area contributed by atoms with Crippen molar-refractivity contribution in [2.24, 2.45) is 11.7 Å².